The Labute approximate surface area is 225 Å². The van der Waals surface area contributed by atoms with Crippen molar-refractivity contribution in [2.24, 2.45) is 4.99 Å². The highest BCUT2D eigenvalue weighted by atomic mass is 35.5. The third-order valence-corrected chi connectivity index (χ3v) is 8.08. The first-order chi connectivity index (χ1) is 18.0. The van der Waals surface area contributed by atoms with Gasteiger partial charge in [-0.15, -0.1) is 0 Å². The van der Waals surface area contributed by atoms with Crippen LogP contribution in [0.25, 0.3) is 0 Å². The fraction of sp³-hybridized carbons (Fsp3) is 0.517. The van der Waals surface area contributed by atoms with Crippen LogP contribution in [0.2, 0.25) is 5.02 Å². The van der Waals surface area contributed by atoms with Gasteiger partial charge in [0, 0.05) is 30.2 Å². The lowest BCUT2D eigenvalue weighted by atomic mass is 9.99. The molecule has 198 valence electrons. The number of methoxy groups -OCH3 is 1. The Morgan fingerprint density at radius 3 is 2.41 bits per heavy atom. The Morgan fingerprint density at radius 2 is 1.76 bits per heavy atom. The molecular formula is C29H37ClN4O3. The number of hydrogen-bond donors (Lipinski definition) is 0. The molecule has 2 saturated heterocycles. The molecule has 2 aromatic carbocycles. The van der Waals surface area contributed by atoms with Gasteiger partial charge in [0.25, 0.3) is 0 Å². The number of amidine groups is 1. The molecule has 37 heavy (non-hydrogen) atoms. The molecule has 2 atom stereocenters. The normalized spacial score (nSPS) is 22.9. The molecule has 3 aliphatic heterocycles. The Morgan fingerprint density at radius 1 is 1.05 bits per heavy atom. The van der Waals surface area contributed by atoms with Gasteiger partial charge in [0.1, 0.15) is 17.3 Å². The van der Waals surface area contributed by atoms with Crippen LogP contribution >= 0.6 is 11.6 Å². The lowest BCUT2D eigenvalue weighted by Gasteiger charge is -2.39. The predicted molar refractivity (Wildman–Crippen MR) is 147 cm³/mol. The topological polar surface area (TPSA) is 57.6 Å². The van der Waals surface area contributed by atoms with Gasteiger partial charge in [-0.05, 0) is 82.4 Å². The van der Waals surface area contributed by atoms with E-state index in [1.54, 1.807) is 7.11 Å². The maximum atomic E-state index is 14.3. The third-order valence-electron chi connectivity index (χ3n) is 7.83. The van der Waals surface area contributed by atoms with Gasteiger partial charge >= 0.3 is 6.03 Å². The average molecular weight is 525 g/mol. The largest absolute Gasteiger partial charge is 0.497 e. The summed E-state index contributed by atoms with van der Waals surface area (Å²) >= 11 is 6.20. The van der Waals surface area contributed by atoms with Crippen molar-refractivity contribution in [2.45, 2.75) is 57.7 Å². The minimum atomic E-state index is -0.229. The Kier molecular flexibility index (Phi) is 7.91. The van der Waals surface area contributed by atoms with E-state index in [1.165, 1.54) is 25.9 Å². The molecule has 2 fully saturated rings. The number of urea groups is 1. The zero-order valence-corrected chi connectivity index (χ0v) is 22.8. The molecule has 0 unspecified atom stereocenters. The summed E-state index contributed by atoms with van der Waals surface area (Å²) in [7, 11) is 1.64. The number of likely N-dealkylation sites (tertiary alicyclic amines) is 2. The van der Waals surface area contributed by atoms with E-state index in [4.69, 9.17) is 26.1 Å². The number of rotatable bonds is 6. The van der Waals surface area contributed by atoms with Crippen LogP contribution in [0.5, 0.6) is 11.5 Å². The van der Waals surface area contributed by atoms with Crippen LogP contribution in [-0.2, 0) is 0 Å². The van der Waals surface area contributed by atoms with Crippen molar-refractivity contribution in [1.29, 1.82) is 0 Å². The van der Waals surface area contributed by atoms with Crippen molar-refractivity contribution < 1.29 is 14.3 Å². The van der Waals surface area contributed by atoms with E-state index in [9.17, 15) is 4.79 Å². The SMILES string of the molecule is CCOc1cc(OC)ccc1C1=N[C@H](C)[C@H](c2ccc(Cl)cc2)N1C(=O)N1CCC(N2CCCC2)CC1. The summed E-state index contributed by atoms with van der Waals surface area (Å²) in [5.41, 5.74) is 1.81. The zero-order valence-electron chi connectivity index (χ0n) is 22.0. The number of aliphatic imine (C=N–C) groups is 1. The number of ether oxygens (including phenoxy) is 2. The molecule has 0 aliphatic carbocycles. The van der Waals surface area contributed by atoms with Crippen molar-refractivity contribution >= 4 is 23.5 Å². The number of benzene rings is 2. The Balaban J connectivity index is 1.47. The average Bonchev–Trinajstić information content (AvgIpc) is 3.57. The standard InChI is InChI=1S/C29H37ClN4O3/c1-4-37-26-19-24(36-3)11-12-25(26)28-31-20(2)27(21-7-9-22(30)10-8-21)34(28)29(35)33-17-13-23(14-18-33)32-15-5-6-16-32/h7-12,19-20,23,27H,4-6,13-18H2,1-3H3/t20-,27-/m1/s1. The first-order valence-electron chi connectivity index (χ1n) is 13.5. The van der Waals surface area contributed by atoms with Crippen molar-refractivity contribution in [3.8, 4) is 11.5 Å². The van der Waals surface area contributed by atoms with Crippen LogP contribution < -0.4 is 9.47 Å². The molecule has 0 radical (unpaired) electrons. The van der Waals surface area contributed by atoms with Crippen LogP contribution in [0.4, 0.5) is 4.79 Å². The molecule has 0 spiro atoms. The number of piperidine rings is 1. The summed E-state index contributed by atoms with van der Waals surface area (Å²) in [4.78, 5) is 25.8. The van der Waals surface area contributed by atoms with Crippen molar-refractivity contribution in [3.05, 3.63) is 58.6 Å². The first kappa shape index (κ1) is 25.9. The minimum absolute atomic E-state index is 0.00110. The number of halogens is 1. The van der Waals surface area contributed by atoms with Gasteiger partial charge in [-0.3, -0.25) is 9.89 Å². The summed E-state index contributed by atoms with van der Waals surface area (Å²) < 4.78 is 11.4. The molecule has 3 heterocycles. The summed E-state index contributed by atoms with van der Waals surface area (Å²) in [6.07, 6.45) is 4.61. The number of nitrogens with zero attached hydrogens (tertiary/aromatic N) is 4. The quantitative estimate of drug-likeness (QED) is 0.492. The lowest BCUT2D eigenvalue weighted by Crippen LogP contribution is -2.52. The number of carbonyl (C=O) groups is 1. The minimum Gasteiger partial charge on any atom is -0.497 e. The maximum absolute atomic E-state index is 14.3. The maximum Gasteiger partial charge on any atom is 0.326 e. The fourth-order valence-electron chi connectivity index (χ4n) is 5.94. The van der Waals surface area contributed by atoms with Gasteiger partial charge in [-0.1, -0.05) is 23.7 Å². The van der Waals surface area contributed by atoms with Gasteiger partial charge in [0.05, 0.1) is 31.4 Å². The Bertz CT molecular complexity index is 1120. The molecule has 0 bridgehead atoms. The van der Waals surface area contributed by atoms with Gasteiger partial charge in [-0.2, -0.15) is 0 Å². The molecule has 7 nitrogen and oxygen atoms in total. The molecule has 0 N–H and O–H groups in total. The van der Waals surface area contributed by atoms with Gasteiger partial charge in [0.2, 0.25) is 0 Å². The molecular weight excluding hydrogens is 488 g/mol. The summed E-state index contributed by atoms with van der Waals surface area (Å²) in [6, 6.07) is 13.7. The molecule has 8 heteroatoms. The highest BCUT2D eigenvalue weighted by Gasteiger charge is 2.43. The zero-order chi connectivity index (χ0) is 25.9. The van der Waals surface area contributed by atoms with Crippen molar-refractivity contribution in [1.82, 2.24) is 14.7 Å². The molecule has 2 aromatic rings. The van der Waals surface area contributed by atoms with Crippen LogP contribution in [0, 0.1) is 0 Å². The fourth-order valence-corrected chi connectivity index (χ4v) is 6.07. The second-order valence-corrected chi connectivity index (χ2v) is 10.5. The van der Waals surface area contributed by atoms with E-state index in [0.29, 0.717) is 35.0 Å². The van der Waals surface area contributed by atoms with Gasteiger partial charge in [-0.25, -0.2) is 4.79 Å². The highest BCUT2D eigenvalue weighted by molar-refractivity contribution is 6.30. The number of hydrogen-bond acceptors (Lipinski definition) is 5. The van der Waals surface area contributed by atoms with E-state index < -0.39 is 0 Å². The van der Waals surface area contributed by atoms with Crippen LogP contribution in [-0.4, -0.2) is 78.5 Å². The molecule has 5 rings (SSSR count). The van der Waals surface area contributed by atoms with E-state index in [0.717, 1.165) is 37.1 Å². The van der Waals surface area contributed by atoms with Crippen LogP contribution in [0.15, 0.2) is 47.5 Å². The lowest BCUT2D eigenvalue weighted by molar-refractivity contribution is 0.118. The summed E-state index contributed by atoms with van der Waals surface area (Å²) in [5, 5.41) is 0.672. The van der Waals surface area contributed by atoms with Crippen LogP contribution in [0.3, 0.4) is 0 Å². The highest BCUT2D eigenvalue weighted by Crippen LogP contribution is 2.39. The molecule has 0 aromatic heterocycles. The first-order valence-corrected chi connectivity index (χ1v) is 13.8. The molecule has 3 aliphatic rings. The predicted octanol–water partition coefficient (Wildman–Crippen LogP) is 5.62. The van der Waals surface area contributed by atoms with Crippen molar-refractivity contribution in [2.75, 3.05) is 39.9 Å². The summed E-state index contributed by atoms with van der Waals surface area (Å²) in [6.45, 7) is 8.41. The number of carbonyl (C=O) groups excluding carboxylic acids is 1. The monoisotopic (exact) mass is 524 g/mol. The van der Waals surface area contributed by atoms with Gasteiger partial charge < -0.3 is 19.3 Å². The summed E-state index contributed by atoms with van der Waals surface area (Å²) in [5.74, 6) is 2.01. The van der Waals surface area contributed by atoms with E-state index in [1.807, 2.05) is 59.2 Å². The smallest absolute Gasteiger partial charge is 0.326 e. The number of amides is 2. The van der Waals surface area contributed by atoms with Crippen LogP contribution in [0.1, 0.15) is 56.7 Å². The Hall–Kier alpha value is -2.77. The van der Waals surface area contributed by atoms with Crippen molar-refractivity contribution in [3.63, 3.8) is 0 Å². The van der Waals surface area contributed by atoms with E-state index in [2.05, 4.69) is 11.8 Å². The van der Waals surface area contributed by atoms with E-state index >= 15 is 0 Å². The molecule has 0 saturated carbocycles. The third kappa shape index (κ3) is 5.30. The molecule has 2 amide bonds. The van der Waals surface area contributed by atoms with E-state index in [-0.39, 0.29) is 18.1 Å². The second kappa shape index (κ2) is 11.3. The second-order valence-electron chi connectivity index (χ2n) is 10.1. The van der Waals surface area contributed by atoms with Gasteiger partial charge in [0.15, 0.2) is 0 Å².